The van der Waals surface area contributed by atoms with E-state index in [1.165, 1.54) is 5.56 Å². The topological polar surface area (TPSA) is 29.3 Å². The first-order chi connectivity index (χ1) is 7.25. The van der Waals surface area contributed by atoms with Crippen molar-refractivity contribution in [3.8, 4) is 0 Å². The summed E-state index contributed by atoms with van der Waals surface area (Å²) < 4.78 is 0. The van der Waals surface area contributed by atoms with Crippen LogP contribution in [0.3, 0.4) is 0 Å². The molecule has 1 heterocycles. The Kier molecular flexibility index (Phi) is 5.56. The molecular weight excluding hydrogens is 243 g/mol. The van der Waals surface area contributed by atoms with E-state index in [1.54, 1.807) is 0 Å². The van der Waals surface area contributed by atoms with Crippen molar-refractivity contribution in [3.05, 3.63) is 34.9 Å². The molecule has 2 nitrogen and oxygen atoms in total. The fourth-order valence-corrected chi connectivity index (χ4v) is 2.17. The zero-order valence-corrected chi connectivity index (χ0v) is 10.8. The van der Waals surface area contributed by atoms with Crippen LogP contribution in [0.4, 0.5) is 0 Å². The molecule has 1 aliphatic heterocycles. The van der Waals surface area contributed by atoms with E-state index in [4.69, 9.17) is 17.3 Å². The molecule has 1 fully saturated rings. The molecule has 90 valence electrons. The molecule has 1 aromatic carbocycles. The maximum Gasteiger partial charge on any atom is 0.0451 e. The van der Waals surface area contributed by atoms with E-state index < -0.39 is 0 Å². The lowest BCUT2D eigenvalue weighted by molar-refractivity contribution is 0.205. The number of hydrogen-bond acceptors (Lipinski definition) is 2. The zero-order valence-electron chi connectivity index (χ0n) is 9.23. The Bertz CT molecular complexity index is 323. The van der Waals surface area contributed by atoms with Gasteiger partial charge in [-0.05, 0) is 37.6 Å². The van der Waals surface area contributed by atoms with Gasteiger partial charge in [-0.15, -0.1) is 12.4 Å². The number of halogens is 2. The van der Waals surface area contributed by atoms with Gasteiger partial charge in [-0.25, -0.2) is 0 Å². The second-order valence-corrected chi connectivity index (χ2v) is 4.61. The highest BCUT2D eigenvalue weighted by Gasteiger charge is 2.16. The zero-order chi connectivity index (χ0) is 10.7. The highest BCUT2D eigenvalue weighted by molar-refractivity contribution is 6.31. The third kappa shape index (κ3) is 3.63. The van der Waals surface area contributed by atoms with Gasteiger partial charge in [-0.3, -0.25) is 4.90 Å². The van der Waals surface area contributed by atoms with Crippen LogP contribution in [0.2, 0.25) is 5.02 Å². The van der Waals surface area contributed by atoms with Crippen LogP contribution in [0.25, 0.3) is 0 Å². The molecule has 0 aliphatic carbocycles. The standard InChI is InChI=1S/C12H17ClN2.ClH/c13-12-4-2-1-3-10(12)9-15-7-5-11(14)6-8-15;/h1-4,11H,5-9,14H2;1H. The number of hydrogen-bond donors (Lipinski definition) is 1. The van der Waals surface area contributed by atoms with E-state index >= 15 is 0 Å². The Morgan fingerprint density at radius 2 is 1.88 bits per heavy atom. The van der Waals surface area contributed by atoms with Crippen molar-refractivity contribution in [2.75, 3.05) is 13.1 Å². The van der Waals surface area contributed by atoms with Gasteiger partial charge in [0.2, 0.25) is 0 Å². The monoisotopic (exact) mass is 260 g/mol. The summed E-state index contributed by atoms with van der Waals surface area (Å²) >= 11 is 6.12. The average molecular weight is 261 g/mol. The molecule has 1 aromatic rings. The summed E-state index contributed by atoms with van der Waals surface area (Å²) in [7, 11) is 0. The number of piperidine rings is 1. The van der Waals surface area contributed by atoms with E-state index in [0.29, 0.717) is 6.04 Å². The summed E-state index contributed by atoms with van der Waals surface area (Å²) in [4.78, 5) is 2.42. The van der Waals surface area contributed by atoms with Crippen molar-refractivity contribution in [2.24, 2.45) is 5.73 Å². The first-order valence-electron chi connectivity index (χ1n) is 5.47. The van der Waals surface area contributed by atoms with Gasteiger partial charge < -0.3 is 5.73 Å². The second-order valence-electron chi connectivity index (χ2n) is 4.20. The van der Waals surface area contributed by atoms with Crippen molar-refractivity contribution in [3.63, 3.8) is 0 Å². The molecule has 0 bridgehead atoms. The second kappa shape index (κ2) is 6.45. The Morgan fingerprint density at radius 1 is 1.25 bits per heavy atom. The van der Waals surface area contributed by atoms with Crippen molar-refractivity contribution in [1.29, 1.82) is 0 Å². The molecule has 2 N–H and O–H groups in total. The molecule has 0 spiro atoms. The summed E-state index contributed by atoms with van der Waals surface area (Å²) in [5.41, 5.74) is 7.08. The fraction of sp³-hybridized carbons (Fsp3) is 0.500. The van der Waals surface area contributed by atoms with Crippen LogP contribution < -0.4 is 5.73 Å². The highest BCUT2D eigenvalue weighted by Crippen LogP contribution is 2.19. The van der Waals surface area contributed by atoms with Crippen LogP contribution in [0.5, 0.6) is 0 Å². The van der Waals surface area contributed by atoms with Gasteiger partial charge in [0, 0.05) is 17.6 Å². The quantitative estimate of drug-likeness (QED) is 0.886. The van der Waals surface area contributed by atoms with Crippen LogP contribution in [0.15, 0.2) is 24.3 Å². The Balaban J connectivity index is 0.00000128. The molecule has 4 heteroatoms. The largest absolute Gasteiger partial charge is 0.328 e. The smallest absolute Gasteiger partial charge is 0.0451 e. The van der Waals surface area contributed by atoms with Crippen LogP contribution >= 0.6 is 24.0 Å². The maximum atomic E-state index is 6.12. The Labute approximate surface area is 108 Å². The lowest BCUT2D eigenvalue weighted by Crippen LogP contribution is -2.39. The van der Waals surface area contributed by atoms with Gasteiger partial charge in [0.05, 0.1) is 0 Å². The minimum atomic E-state index is 0. The lowest BCUT2D eigenvalue weighted by Gasteiger charge is -2.30. The first kappa shape index (κ1) is 13.8. The molecule has 0 atom stereocenters. The van der Waals surface area contributed by atoms with Crippen molar-refractivity contribution in [1.82, 2.24) is 4.90 Å². The molecule has 1 saturated heterocycles. The van der Waals surface area contributed by atoms with Crippen molar-refractivity contribution < 1.29 is 0 Å². The van der Waals surface area contributed by atoms with Crippen LogP contribution in [-0.4, -0.2) is 24.0 Å². The van der Waals surface area contributed by atoms with E-state index in [0.717, 1.165) is 37.5 Å². The fourth-order valence-electron chi connectivity index (χ4n) is 1.98. The Morgan fingerprint density at radius 3 is 2.50 bits per heavy atom. The minimum Gasteiger partial charge on any atom is -0.328 e. The number of nitrogens with two attached hydrogens (primary N) is 1. The van der Waals surface area contributed by atoms with Crippen LogP contribution in [0, 0.1) is 0 Å². The summed E-state index contributed by atoms with van der Waals surface area (Å²) in [5.74, 6) is 0. The molecule has 0 amide bonds. The molecule has 1 aliphatic rings. The maximum absolute atomic E-state index is 6.12. The summed E-state index contributed by atoms with van der Waals surface area (Å²) in [5, 5.41) is 0.868. The van der Waals surface area contributed by atoms with E-state index in [2.05, 4.69) is 11.0 Å². The van der Waals surface area contributed by atoms with E-state index in [1.807, 2.05) is 18.2 Å². The summed E-state index contributed by atoms with van der Waals surface area (Å²) in [6.45, 7) is 3.13. The van der Waals surface area contributed by atoms with Gasteiger partial charge in [0.25, 0.3) is 0 Å². The van der Waals surface area contributed by atoms with Gasteiger partial charge in [0.15, 0.2) is 0 Å². The molecule has 0 saturated carbocycles. The predicted molar refractivity (Wildman–Crippen MR) is 71.2 cm³/mol. The SMILES string of the molecule is Cl.NC1CCN(Cc2ccccc2Cl)CC1. The van der Waals surface area contributed by atoms with Gasteiger partial charge in [-0.2, -0.15) is 0 Å². The van der Waals surface area contributed by atoms with Crippen molar-refractivity contribution in [2.45, 2.75) is 25.4 Å². The average Bonchev–Trinajstić information content (AvgIpc) is 2.25. The van der Waals surface area contributed by atoms with Crippen LogP contribution in [-0.2, 0) is 6.54 Å². The number of nitrogens with zero attached hydrogens (tertiary/aromatic N) is 1. The normalized spacial score (nSPS) is 18.1. The molecule has 0 unspecified atom stereocenters. The van der Waals surface area contributed by atoms with Gasteiger partial charge in [-0.1, -0.05) is 29.8 Å². The number of benzene rings is 1. The molecule has 16 heavy (non-hydrogen) atoms. The lowest BCUT2D eigenvalue weighted by atomic mass is 10.1. The third-order valence-electron chi connectivity index (χ3n) is 2.98. The van der Waals surface area contributed by atoms with Crippen molar-refractivity contribution >= 4 is 24.0 Å². The van der Waals surface area contributed by atoms with Gasteiger partial charge in [0.1, 0.15) is 0 Å². The summed E-state index contributed by atoms with van der Waals surface area (Å²) in [6, 6.07) is 8.45. The minimum absolute atomic E-state index is 0. The van der Waals surface area contributed by atoms with Crippen LogP contribution in [0.1, 0.15) is 18.4 Å². The molecule has 0 radical (unpaired) electrons. The number of rotatable bonds is 2. The molecule has 2 rings (SSSR count). The number of likely N-dealkylation sites (tertiary alicyclic amines) is 1. The summed E-state index contributed by atoms with van der Waals surface area (Å²) in [6.07, 6.45) is 2.20. The first-order valence-corrected chi connectivity index (χ1v) is 5.85. The van der Waals surface area contributed by atoms with E-state index in [9.17, 15) is 0 Å². The molecular formula is C12H18Cl2N2. The molecule has 0 aromatic heterocycles. The van der Waals surface area contributed by atoms with Gasteiger partial charge >= 0.3 is 0 Å². The van der Waals surface area contributed by atoms with E-state index in [-0.39, 0.29) is 12.4 Å². The Hall–Kier alpha value is -0.280. The predicted octanol–water partition coefficient (Wildman–Crippen LogP) is 2.68. The highest BCUT2D eigenvalue weighted by atomic mass is 35.5. The third-order valence-corrected chi connectivity index (χ3v) is 3.35.